The zero-order valence-corrected chi connectivity index (χ0v) is 13.9. The summed E-state index contributed by atoms with van der Waals surface area (Å²) in [7, 11) is 1.88. The van der Waals surface area contributed by atoms with Gasteiger partial charge in [0.1, 0.15) is 0 Å². The summed E-state index contributed by atoms with van der Waals surface area (Å²) in [6, 6.07) is 4.52. The number of piperidine rings is 1. The summed E-state index contributed by atoms with van der Waals surface area (Å²) in [6.07, 6.45) is 2.18. The summed E-state index contributed by atoms with van der Waals surface area (Å²) in [5.41, 5.74) is 0. The van der Waals surface area contributed by atoms with Crippen molar-refractivity contribution in [1.82, 2.24) is 13.9 Å². The van der Waals surface area contributed by atoms with E-state index >= 15 is 0 Å². The Labute approximate surface area is 125 Å². The Morgan fingerprint density at radius 1 is 1.50 bits per heavy atom. The summed E-state index contributed by atoms with van der Waals surface area (Å²) >= 11 is 1.75. The van der Waals surface area contributed by atoms with Crippen molar-refractivity contribution in [3.63, 3.8) is 0 Å². The molecule has 0 amide bonds. The fourth-order valence-electron chi connectivity index (χ4n) is 2.72. The van der Waals surface area contributed by atoms with Crippen LogP contribution in [0.15, 0.2) is 17.5 Å². The molecule has 7 heteroatoms. The van der Waals surface area contributed by atoms with Gasteiger partial charge in [0.15, 0.2) is 0 Å². The SMILES string of the molecule is CN1CCC[C@@H](CNS(=O)(=O)N(C)C)[C@@H]1c1cccs1. The summed E-state index contributed by atoms with van der Waals surface area (Å²) in [6.45, 7) is 1.56. The molecule has 2 rings (SSSR count). The summed E-state index contributed by atoms with van der Waals surface area (Å²) < 4.78 is 27.6. The third kappa shape index (κ3) is 3.59. The van der Waals surface area contributed by atoms with Crippen molar-refractivity contribution >= 4 is 21.5 Å². The van der Waals surface area contributed by atoms with E-state index in [0.29, 0.717) is 18.5 Å². The van der Waals surface area contributed by atoms with Crippen LogP contribution in [0.1, 0.15) is 23.8 Å². The second-order valence-corrected chi connectivity index (χ2v) is 8.43. The first-order chi connectivity index (χ1) is 9.42. The molecule has 114 valence electrons. The monoisotopic (exact) mass is 317 g/mol. The summed E-state index contributed by atoms with van der Waals surface area (Å²) in [5, 5.41) is 2.08. The largest absolute Gasteiger partial charge is 0.298 e. The van der Waals surface area contributed by atoms with Gasteiger partial charge >= 0.3 is 0 Å². The van der Waals surface area contributed by atoms with Crippen molar-refractivity contribution in [2.45, 2.75) is 18.9 Å². The van der Waals surface area contributed by atoms with E-state index in [2.05, 4.69) is 34.2 Å². The van der Waals surface area contributed by atoms with Crippen LogP contribution in [0.2, 0.25) is 0 Å². The number of nitrogens with one attached hydrogen (secondary N) is 1. The van der Waals surface area contributed by atoms with E-state index in [4.69, 9.17) is 0 Å². The van der Waals surface area contributed by atoms with E-state index in [0.717, 1.165) is 19.4 Å². The quantitative estimate of drug-likeness (QED) is 0.896. The summed E-state index contributed by atoms with van der Waals surface area (Å²) in [5.74, 6) is 0.321. The zero-order valence-electron chi connectivity index (χ0n) is 12.2. The Morgan fingerprint density at radius 2 is 2.25 bits per heavy atom. The maximum absolute atomic E-state index is 11.9. The second kappa shape index (κ2) is 6.53. The molecule has 0 bridgehead atoms. The van der Waals surface area contributed by atoms with Crippen molar-refractivity contribution in [2.75, 3.05) is 34.2 Å². The van der Waals surface area contributed by atoms with Gasteiger partial charge in [-0.05, 0) is 43.8 Å². The molecule has 1 N–H and O–H groups in total. The van der Waals surface area contributed by atoms with Crippen LogP contribution in [-0.2, 0) is 10.2 Å². The fraction of sp³-hybridized carbons (Fsp3) is 0.692. The van der Waals surface area contributed by atoms with Gasteiger partial charge in [0, 0.05) is 31.6 Å². The first kappa shape index (κ1) is 15.9. The molecule has 0 unspecified atom stereocenters. The lowest BCUT2D eigenvalue weighted by atomic mass is 9.88. The maximum Gasteiger partial charge on any atom is 0.278 e. The van der Waals surface area contributed by atoms with E-state index in [1.54, 1.807) is 25.4 Å². The number of thiophene rings is 1. The Bertz CT molecular complexity index is 514. The Hall–Kier alpha value is -0.470. The van der Waals surface area contributed by atoms with E-state index in [9.17, 15) is 8.42 Å². The number of hydrogen-bond donors (Lipinski definition) is 1. The molecular weight excluding hydrogens is 294 g/mol. The fourth-order valence-corrected chi connectivity index (χ4v) is 4.39. The molecule has 2 heterocycles. The first-order valence-corrected chi connectivity index (χ1v) is 9.14. The first-order valence-electron chi connectivity index (χ1n) is 6.82. The number of hydrogen-bond acceptors (Lipinski definition) is 4. The molecule has 1 fully saturated rings. The van der Waals surface area contributed by atoms with Crippen LogP contribution in [0.4, 0.5) is 0 Å². The molecular formula is C13H23N3O2S2. The molecule has 0 radical (unpaired) electrons. The van der Waals surface area contributed by atoms with Gasteiger partial charge in [-0.1, -0.05) is 6.07 Å². The molecule has 1 aromatic rings. The van der Waals surface area contributed by atoms with Gasteiger partial charge in [0.05, 0.1) is 0 Å². The molecule has 1 aromatic heterocycles. The molecule has 0 spiro atoms. The molecule has 1 aliphatic rings. The minimum atomic E-state index is -3.34. The lowest BCUT2D eigenvalue weighted by Crippen LogP contribution is -2.44. The molecule has 5 nitrogen and oxygen atoms in total. The predicted octanol–water partition coefficient (Wildman–Crippen LogP) is 1.53. The number of likely N-dealkylation sites (tertiary alicyclic amines) is 1. The highest BCUT2D eigenvalue weighted by Gasteiger charge is 2.32. The Kier molecular flexibility index (Phi) is 5.19. The Balaban J connectivity index is 2.08. The van der Waals surface area contributed by atoms with Crippen molar-refractivity contribution in [2.24, 2.45) is 5.92 Å². The highest BCUT2D eigenvalue weighted by molar-refractivity contribution is 7.87. The van der Waals surface area contributed by atoms with E-state index in [-0.39, 0.29) is 0 Å². The molecule has 1 aliphatic heterocycles. The maximum atomic E-state index is 11.9. The van der Waals surface area contributed by atoms with Crippen molar-refractivity contribution < 1.29 is 8.42 Å². The topological polar surface area (TPSA) is 52.7 Å². The van der Waals surface area contributed by atoms with Crippen LogP contribution in [0.3, 0.4) is 0 Å². The van der Waals surface area contributed by atoms with Gasteiger partial charge in [-0.3, -0.25) is 4.90 Å². The van der Waals surface area contributed by atoms with Crippen molar-refractivity contribution in [1.29, 1.82) is 0 Å². The van der Waals surface area contributed by atoms with Crippen LogP contribution in [-0.4, -0.2) is 51.9 Å². The van der Waals surface area contributed by atoms with Gasteiger partial charge in [-0.25, -0.2) is 4.72 Å². The molecule has 0 aliphatic carbocycles. The van der Waals surface area contributed by atoms with Gasteiger partial charge in [-0.2, -0.15) is 12.7 Å². The average Bonchev–Trinajstić information content (AvgIpc) is 2.89. The van der Waals surface area contributed by atoms with Crippen LogP contribution in [0.5, 0.6) is 0 Å². The molecule has 20 heavy (non-hydrogen) atoms. The average molecular weight is 317 g/mol. The van der Waals surface area contributed by atoms with Gasteiger partial charge in [0.25, 0.3) is 10.2 Å². The van der Waals surface area contributed by atoms with Crippen LogP contribution in [0, 0.1) is 5.92 Å². The lowest BCUT2D eigenvalue weighted by Gasteiger charge is -2.39. The third-order valence-corrected chi connectivity index (χ3v) is 6.29. The third-order valence-electron chi connectivity index (χ3n) is 3.85. The molecule has 1 saturated heterocycles. The van der Waals surface area contributed by atoms with Gasteiger partial charge < -0.3 is 0 Å². The smallest absolute Gasteiger partial charge is 0.278 e. The predicted molar refractivity (Wildman–Crippen MR) is 83.0 cm³/mol. The van der Waals surface area contributed by atoms with Crippen LogP contribution < -0.4 is 4.72 Å². The van der Waals surface area contributed by atoms with E-state index in [1.165, 1.54) is 9.18 Å². The van der Waals surface area contributed by atoms with Crippen LogP contribution >= 0.6 is 11.3 Å². The number of nitrogens with zero attached hydrogens (tertiary/aromatic N) is 2. The second-order valence-electron chi connectivity index (χ2n) is 5.48. The minimum Gasteiger partial charge on any atom is -0.298 e. The standard InChI is InChI=1S/C13H23N3O2S2/c1-15(2)20(17,18)14-10-11-6-4-8-16(3)13(11)12-7-5-9-19-12/h5,7,9,11,13-14H,4,6,8,10H2,1-3H3/t11-,13+/m0/s1. The van der Waals surface area contributed by atoms with Crippen molar-refractivity contribution in [3.05, 3.63) is 22.4 Å². The normalized spacial score (nSPS) is 25.2. The van der Waals surface area contributed by atoms with Gasteiger partial charge in [0.2, 0.25) is 0 Å². The highest BCUT2D eigenvalue weighted by atomic mass is 32.2. The molecule has 0 aromatic carbocycles. The molecule has 2 atom stereocenters. The minimum absolute atomic E-state index is 0.314. The van der Waals surface area contributed by atoms with Gasteiger partial charge in [-0.15, -0.1) is 11.3 Å². The van der Waals surface area contributed by atoms with E-state index in [1.807, 2.05) is 0 Å². The molecule has 0 saturated carbocycles. The number of rotatable bonds is 5. The zero-order chi connectivity index (χ0) is 14.8. The van der Waals surface area contributed by atoms with Crippen molar-refractivity contribution in [3.8, 4) is 0 Å². The summed E-state index contributed by atoms with van der Waals surface area (Å²) in [4.78, 5) is 3.66. The van der Waals surface area contributed by atoms with E-state index < -0.39 is 10.2 Å². The highest BCUT2D eigenvalue weighted by Crippen LogP contribution is 2.36. The Morgan fingerprint density at radius 3 is 2.85 bits per heavy atom. The van der Waals surface area contributed by atoms with Crippen LogP contribution in [0.25, 0.3) is 0 Å². The lowest BCUT2D eigenvalue weighted by molar-refractivity contribution is 0.125.